The minimum Gasteiger partial charge on any atom is -0.321 e. The van der Waals surface area contributed by atoms with E-state index >= 15 is 0 Å². The SMILES string of the molecule is Cc1ccc(C)c(C2(N)CCCCC2c2ccccc2)c1. The van der Waals surface area contributed by atoms with Crippen molar-refractivity contribution in [2.24, 2.45) is 5.73 Å². The molecule has 110 valence electrons. The van der Waals surface area contributed by atoms with Crippen LogP contribution in [0.5, 0.6) is 0 Å². The van der Waals surface area contributed by atoms with Crippen molar-refractivity contribution < 1.29 is 0 Å². The van der Waals surface area contributed by atoms with Crippen LogP contribution in [-0.4, -0.2) is 0 Å². The Bertz CT molecular complexity index is 617. The zero-order chi connectivity index (χ0) is 14.9. The van der Waals surface area contributed by atoms with E-state index in [0.29, 0.717) is 5.92 Å². The fraction of sp³-hybridized carbons (Fsp3) is 0.400. The number of hydrogen-bond acceptors (Lipinski definition) is 1. The highest BCUT2D eigenvalue weighted by Crippen LogP contribution is 2.46. The lowest BCUT2D eigenvalue weighted by Crippen LogP contribution is -2.45. The molecule has 2 atom stereocenters. The third kappa shape index (κ3) is 2.63. The molecule has 0 spiro atoms. The van der Waals surface area contributed by atoms with E-state index in [1.54, 1.807) is 0 Å². The van der Waals surface area contributed by atoms with Crippen LogP contribution < -0.4 is 5.73 Å². The molecule has 0 bridgehead atoms. The molecule has 0 amide bonds. The van der Waals surface area contributed by atoms with E-state index in [4.69, 9.17) is 5.73 Å². The fourth-order valence-electron chi connectivity index (χ4n) is 3.91. The van der Waals surface area contributed by atoms with Crippen LogP contribution in [0.2, 0.25) is 0 Å². The Balaban J connectivity index is 2.09. The molecule has 1 aliphatic carbocycles. The second kappa shape index (κ2) is 5.65. The molecule has 0 saturated heterocycles. The monoisotopic (exact) mass is 279 g/mol. The summed E-state index contributed by atoms with van der Waals surface area (Å²) in [5.41, 5.74) is 12.2. The van der Waals surface area contributed by atoms with Gasteiger partial charge in [-0.05, 0) is 43.4 Å². The van der Waals surface area contributed by atoms with Gasteiger partial charge in [0.15, 0.2) is 0 Å². The molecule has 1 nitrogen and oxygen atoms in total. The van der Waals surface area contributed by atoms with Crippen LogP contribution in [0, 0.1) is 13.8 Å². The van der Waals surface area contributed by atoms with Crippen molar-refractivity contribution in [3.8, 4) is 0 Å². The van der Waals surface area contributed by atoms with E-state index in [1.807, 2.05) is 0 Å². The Morgan fingerprint density at radius 1 is 1.00 bits per heavy atom. The van der Waals surface area contributed by atoms with Crippen LogP contribution in [0.4, 0.5) is 0 Å². The lowest BCUT2D eigenvalue weighted by atomic mass is 9.66. The van der Waals surface area contributed by atoms with Gasteiger partial charge in [-0.3, -0.25) is 0 Å². The second-order valence-electron chi connectivity index (χ2n) is 6.57. The summed E-state index contributed by atoms with van der Waals surface area (Å²) in [7, 11) is 0. The largest absolute Gasteiger partial charge is 0.321 e. The fourth-order valence-corrected chi connectivity index (χ4v) is 3.91. The van der Waals surface area contributed by atoms with Gasteiger partial charge in [-0.25, -0.2) is 0 Å². The molecule has 2 unspecified atom stereocenters. The number of hydrogen-bond donors (Lipinski definition) is 1. The molecule has 1 heteroatoms. The van der Waals surface area contributed by atoms with E-state index in [-0.39, 0.29) is 5.54 Å². The molecule has 1 fully saturated rings. The van der Waals surface area contributed by atoms with Crippen molar-refractivity contribution in [3.63, 3.8) is 0 Å². The van der Waals surface area contributed by atoms with Gasteiger partial charge in [0, 0.05) is 11.5 Å². The maximum absolute atomic E-state index is 7.03. The highest BCUT2D eigenvalue weighted by Gasteiger charge is 2.40. The van der Waals surface area contributed by atoms with E-state index in [2.05, 4.69) is 62.4 Å². The van der Waals surface area contributed by atoms with Gasteiger partial charge in [0.1, 0.15) is 0 Å². The van der Waals surface area contributed by atoms with Crippen molar-refractivity contribution >= 4 is 0 Å². The lowest BCUT2D eigenvalue weighted by Gasteiger charge is -2.43. The summed E-state index contributed by atoms with van der Waals surface area (Å²) in [6.45, 7) is 4.35. The molecular weight excluding hydrogens is 254 g/mol. The highest BCUT2D eigenvalue weighted by molar-refractivity contribution is 5.40. The summed E-state index contributed by atoms with van der Waals surface area (Å²) < 4.78 is 0. The number of benzene rings is 2. The van der Waals surface area contributed by atoms with Crippen LogP contribution in [0.15, 0.2) is 48.5 Å². The maximum atomic E-state index is 7.03. The molecule has 1 aliphatic rings. The number of nitrogens with two attached hydrogens (primary N) is 1. The second-order valence-corrected chi connectivity index (χ2v) is 6.57. The van der Waals surface area contributed by atoms with E-state index < -0.39 is 0 Å². The minimum atomic E-state index is -0.226. The molecule has 2 N–H and O–H groups in total. The van der Waals surface area contributed by atoms with Crippen molar-refractivity contribution in [1.82, 2.24) is 0 Å². The third-order valence-corrected chi connectivity index (χ3v) is 5.05. The smallest absolute Gasteiger partial charge is 0.0481 e. The molecule has 21 heavy (non-hydrogen) atoms. The average molecular weight is 279 g/mol. The Morgan fingerprint density at radius 3 is 2.52 bits per heavy atom. The molecule has 0 aromatic heterocycles. The quantitative estimate of drug-likeness (QED) is 0.838. The summed E-state index contributed by atoms with van der Waals surface area (Å²) in [5, 5.41) is 0. The molecule has 0 aliphatic heterocycles. The summed E-state index contributed by atoms with van der Waals surface area (Å²) in [6.07, 6.45) is 4.78. The van der Waals surface area contributed by atoms with E-state index in [9.17, 15) is 0 Å². The Morgan fingerprint density at radius 2 is 1.76 bits per heavy atom. The molecule has 0 heterocycles. The lowest BCUT2D eigenvalue weighted by molar-refractivity contribution is 0.253. The first-order valence-corrected chi connectivity index (χ1v) is 8.03. The molecule has 0 radical (unpaired) electrons. The zero-order valence-electron chi connectivity index (χ0n) is 13.1. The number of rotatable bonds is 2. The predicted molar refractivity (Wildman–Crippen MR) is 89.4 cm³/mol. The van der Waals surface area contributed by atoms with Crippen LogP contribution in [-0.2, 0) is 5.54 Å². The average Bonchev–Trinajstić information content (AvgIpc) is 2.51. The predicted octanol–water partition coefficient (Wildman–Crippen LogP) is 4.82. The van der Waals surface area contributed by atoms with Crippen molar-refractivity contribution in [3.05, 3.63) is 70.8 Å². The molecule has 2 aromatic carbocycles. The van der Waals surface area contributed by atoms with Gasteiger partial charge < -0.3 is 5.73 Å². The van der Waals surface area contributed by atoms with Crippen molar-refractivity contribution in [1.29, 1.82) is 0 Å². The van der Waals surface area contributed by atoms with E-state index in [1.165, 1.54) is 41.5 Å². The highest BCUT2D eigenvalue weighted by atomic mass is 14.8. The van der Waals surface area contributed by atoms with Crippen LogP contribution in [0.25, 0.3) is 0 Å². The van der Waals surface area contributed by atoms with Crippen LogP contribution in [0.3, 0.4) is 0 Å². The molecule has 1 saturated carbocycles. The molecular formula is C20H25N. The third-order valence-electron chi connectivity index (χ3n) is 5.05. The van der Waals surface area contributed by atoms with E-state index in [0.717, 1.165) is 6.42 Å². The first-order valence-electron chi connectivity index (χ1n) is 8.03. The van der Waals surface area contributed by atoms with Gasteiger partial charge in [0.25, 0.3) is 0 Å². The Kier molecular flexibility index (Phi) is 3.86. The number of aryl methyl sites for hydroxylation is 2. The normalized spacial score (nSPS) is 25.8. The summed E-state index contributed by atoms with van der Waals surface area (Å²) in [4.78, 5) is 0. The molecule has 2 aromatic rings. The maximum Gasteiger partial charge on any atom is 0.0481 e. The van der Waals surface area contributed by atoms with Gasteiger partial charge in [0.2, 0.25) is 0 Å². The first kappa shape index (κ1) is 14.3. The van der Waals surface area contributed by atoms with Crippen molar-refractivity contribution in [2.45, 2.75) is 51.0 Å². The van der Waals surface area contributed by atoms with Gasteiger partial charge >= 0.3 is 0 Å². The minimum absolute atomic E-state index is 0.226. The van der Waals surface area contributed by atoms with Gasteiger partial charge in [-0.1, -0.05) is 66.9 Å². The van der Waals surface area contributed by atoms with Gasteiger partial charge in [0.05, 0.1) is 0 Å². The molecule has 3 rings (SSSR count). The standard InChI is InChI=1S/C20H25N/c1-15-11-12-16(2)19(14-15)20(21)13-7-6-10-18(20)17-8-4-3-5-9-17/h3-5,8-9,11-12,14,18H,6-7,10,13,21H2,1-2H3. The van der Waals surface area contributed by atoms with Gasteiger partial charge in [-0.2, -0.15) is 0 Å². The summed E-state index contributed by atoms with van der Waals surface area (Å²) in [6, 6.07) is 17.5. The van der Waals surface area contributed by atoms with Crippen LogP contribution >= 0.6 is 0 Å². The Hall–Kier alpha value is -1.60. The first-order chi connectivity index (χ1) is 10.1. The topological polar surface area (TPSA) is 26.0 Å². The summed E-state index contributed by atoms with van der Waals surface area (Å²) >= 11 is 0. The van der Waals surface area contributed by atoms with Crippen molar-refractivity contribution in [2.75, 3.05) is 0 Å². The van der Waals surface area contributed by atoms with Gasteiger partial charge in [-0.15, -0.1) is 0 Å². The summed E-state index contributed by atoms with van der Waals surface area (Å²) in [5.74, 6) is 0.424. The van der Waals surface area contributed by atoms with Crippen LogP contribution in [0.1, 0.15) is 53.9 Å². The zero-order valence-corrected chi connectivity index (χ0v) is 13.1. The Labute approximate surface area is 128 Å².